The minimum Gasteiger partial charge on any atom is -0.273 e. The van der Waals surface area contributed by atoms with E-state index in [9.17, 15) is 18.0 Å². The number of anilines is 1. The number of tetrazole rings is 1. The quantitative estimate of drug-likeness (QED) is 0.506. The second-order valence-electron chi connectivity index (χ2n) is 7.55. The first-order valence-corrected chi connectivity index (χ1v) is 11.3. The molecule has 0 saturated heterocycles. The van der Waals surface area contributed by atoms with Crippen LogP contribution in [0.15, 0.2) is 89.1 Å². The Balaban J connectivity index is 1.49. The Hall–Kier alpha value is -3.73. The van der Waals surface area contributed by atoms with Crippen molar-refractivity contribution in [2.75, 3.05) is 10.7 Å². The summed E-state index contributed by atoms with van der Waals surface area (Å²) in [5, 5.41) is 12.3. The molecule has 2 heterocycles. The van der Waals surface area contributed by atoms with Gasteiger partial charge >= 0.3 is 6.18 Å². The number of carbonyl (C=O) groups is 1. The van der Waals surface area contributed by atoms with Crippen LogP contribution in [0.2, 0.25) is 0 Å². The molecule has 3 aromatic rings. The van der Waals surface area contributed by atoms with Gasteiger partial charge in [0, 0.05) is 0 Å². The SMILES string of the molecule is O=C1[C@@H]2C=CC=C[C@H]2N=C(CSc2nnnn2-c2ccccc2)N1c1cccc(C(F)(F)F)c1. The minimum absolute atomic E-state index is 0.114. The number of rotatable bonds is 5. The lowest BCUT2D eigenvalue weighted by molar-refractivity contribution is -0.137. The van der Waals surface area contributed by atoms with Crippen LogP contribution in [0.25, 0.3) is 5.69 Å². The summed E-state index contributed by atoms with van der Waals surface area (Å²) in [5.74, 6) is -0.407. The molecule has 0 saturated carbocycles. The highest BCUT2D eigenvalue weighted by Crippen LogP contribution is 2.35. The fourth-order valence-corrected chi connectivity index (χ4v) is 4.60. The number of para-hydroxylation sites is 1. The van der Waals surface area contributed by atoms with Gasteiger partial charge < -0.3 is 0 Å². The molecule has 7 nitrogen and oxygen atoms in total. The van der Waals surface area contributed by atoms with Crippen molar-refractivity contribution in [3.05, 3.63) is 84.5 Å². The van der Waals surface area contributed by atoms with E-state index in [0.717, 1.165) is 17.8 Å². The maximum absolute atomic E-state index is 13.4. The zero-order valence-electron chi connectivity index (χ0n) is 17.5. The van der Waals surface area contributed by atoms with Crippen molar-refractivity contribution in [2.45, 2.75) is 17.4 Å². The van der Waals surface area contributed by atoms with E-state index < -0.39 is 23.7 Å². The smallest absolute Gasteiger partial charge is 0.273 e. The monoisotopic (exact) mass is 482 g/mol. The molecule has 1 amide bonds. The molecule has 34 heavy (non-hydrogen) atoms. The number of hydrogen-bond donors (Lipinski definition) is 0. The Bertz CT molecular complexity index is 1300. The molecular weight excluding hydrogens is 465 g/mol. The third kappa shape index (κ3) is 4.26. The summed E-state index contributed by atoms with van der Waals surface area (Å²) in [6, 6.07) is 13.6. The molecule has 0 N–H and O–H groups in total. The number of halogens is 3. The van der Waals surface area contributed by atoms with E-state index in [4.69, 9.17) is 4.99 Å². The Morgan fingerprint density at radius 1 is 0.971 bits per heavy atom. The predicted molar refractivity (Wildman–Crippen MR) is 122 cm³/mol. The number of alkyl halides is 3. The molecular formula is C23H17F3N6OS. The van der Waals surface area contributed by atoms with Gasteiger partial charge in [-0.1, -0.05) is 60.3 Å². The number of aromatic nitrogens is 4. The normalized spacial score (nSPS) is 19.8. The van der Waals surface area contributed by atoms with Gasteiger partial charge in [-0.15, -0.1) is 5.10 Å². The molecule has 0 spiro atoms. The minimum atomic E-state index is -4.53. The van der Waals surface area contributed by atoms with Gasteiger partial charge in [0.05, 0.1) is 34.7 Å². The Labute approximate surface area is 196 Å². The lowest BCUT2D eigenvalue weighted by Crippen LogP contribution is -2.49. The highest BCUT2D eigenvalue weighted by atomic mass is 32.2. The van der Waals surface area contributed by atoms with Crippen LogP contribution in [0, 0.1) is 5.92 Å². The van der Waals surface area contributed by atoms with E-state index in [0.29, 0.717) is 11.0 Å². The third-order valence-corrected chi connectivity index (χ3v) is 6.29. The highest BCUT2D eigenvalue weighted by molar-refractivity contribution is 7.99. The Kier molecular flexibility index (Phi) is 5.78. The van der Waals surface area contributed by atoms with E-state index in [1.165, 1.54) is 28.8 Å². The fraction of sp³-hybridized carbons (Fsp3) is 0.174. The number of carbonyl (C=O) groups excluding carboxylic acids is 1. The van der Waals surface area contributed by atoms with Crippen LogP contribution in [-0.2, 0) is 11.0 Å². The average molecular weight is 482 g/mol. The molecule has 2 atom stereocenters. The summed E-state index contributed by atoms with van der Waals surface area (Å²) in [7, 11) is 0. The number of amides is 1. The fourth-order valence-electron chi connectivity index (χ4n) is 3.78. The summed E-state index contributed by atoms with van der Waals surface area (Å²) in [6.45, 7) is 0. The first-order chi connectivity index (χ1) is 16.4. The van der Waals surface area contributed by atoms with Crippen LogP contribution >= 0.6 is 11.8 Å². The molecule has 0 bridgehead atoms. The van der Waals surface area contributed by atoms with Crippen LogP contribution in [0.1, 0.15) is 5.56 Å². The molecule has 2 aliphatic rings. The molecule has 1 aliphatic carbocycles. The van der Waals surface area contributed by atoms with Crippen molar-refractivity contribution < 1.29 is 18.0 Å². The Morgan fingerprint density at radius 2 is 1.74 bits per heavy atom. The van der Waals surface area contributed by atoms with Crippen LogP contribution in [0.3, 0.4) is 0 Å². The van der Waals surface area contributed by atoms with E-state index in [2.05, 4.69) is 15.5 Å². The van der Waals surface area contributed by atoms with Gasteiger partial charge in [0.25, 0.3) is 0 Å². The first-order valence-electron chi connectivity index (χ1n) is 10.3. The van der Waals surface area contributed by atoms with E-state index in [1.54, 1.807) is 22.9 Å². The van der Waals surface area contributed by atoms with Crippen LogP contribution in [0.5, 0.6) is 0 Å². The van der Waals surface area contributed by atoms with Gasteiger partial charge in [-0.25, -0.2) is 0 Å². The molecule has 2 aromatic carbocycles. The number of hydrogen-bond acceptors (Lipinski definition) is 6. The second-order valence-corrected chi connectivity index (χ2v) is 8.49. The third-order valence-electron chi connectivity index (χ3n) is 5.37. The van der Waals surface area contributed by atoms with Gasteiger partial charge in [0.15, 0.2) is 0 Å². The molecule has 11 heteroatoms. The number of benzene rings is 2. The Morgan fingerprint density at radius 3 is 2.53 bits per heavy atom. The zero-order chi connectivity index (χ0) is 23.7. The van der Waals surface area contributed by atoms with Crippen LogP contribution < -0.4 is 4.90 Å². The van der Waals surface area contributed by atoms with Crippen molar-refractivity contribution in [3.8, 4) is 5.69 Å². The molecule has 1 aromatic heterocycles. The summed E-state index contributed by atoms with van der Waals surface area (Å²) >= 11 is 1.24. The molecule has 0 radical (unpaired) electrons. The lowest BCUT2D eigenvalue weighted by atomic mass is 9.92. The second kappa shape index (κ2) is 8.90. The van der Waals surface area contributed by atoms with Gasteiger partial charge in [0.2, 0.25) is 11.1 Å². The van der Waals surface area contributed by atoms with Crippen molar-refractivity contribution in [1.29, 1.82) is 0 Å². The topological polar surface area (TPSA) is 76.3 Å². The molecule has 1 aliphatic heterocycles. The lowest BCUT2D eigenvalue weighted by Gasteiger charge is -2.35. The maximum Gasteiger partial charge on any atom is 0.416 e. The van der Waals surface area contributed by atoms with Gasteiger partial charge in [-0.2, -0.15) is 17.9 Å². The molecule has 0 unspecified atom stereocenters. The number of nitrogens with zero attached hydrogens (tertiary/aromatic N) is 6. The van der Waals surface area contributed by atoms with Gasteiger partial charge in [-0.05, 0) is 40.8 Å². The number of aliphatic imine (C=N–C) groups is 1. The van der Waals surface area contributed by atoms with Gasteiger partial charge in [0.1, 0.15) is 5.84 Å². The number of amidine groups is 1. The van der Waals surface area contributed by atoms with Crippen LogP contribution in [0.4, 0.5) is 18.9 Å². The van der Waals surface area contributed by atoms with Crippen molar-refractivity contribution >= 4 is 29.2 Å². The summed E-state index contributed by atoms with van der Waals surface area (Å²) in [4.78, 5) is 19.4. The summed E-state index contributed by atoms with van der Waals surface area (Å²) in [5.41, 5.74) is 0.0362. The number of fused-ring (bicyclic) bond motifs is 1. The zero-order valence-corrected chi connectivity index (χ0v) is 18.3. The number of allylic oxidation sites excluding steroid dienone is 2. The van der Waals surface area contributed by atoms with Crippen molar-refractivity contribution in [1.82, 2.24) is 20.2 Å². The highest BCUT2D eigenvalue weighted by Gasteiger charge is 2.39. The van der Waals surface area contributed by atoms with Crippen molar-refractivity contribution in [2.24, 2.45) is 10.9 Å². The van der Waals surface area contributed by atoms with E-state index in [-0.39, 0.29) is 17.3 Å². The average Bonchev–Trinajstić information content (AvgIpc) is 3.32. The molecule has 0 fully saturated rings. The van der Waals surface area contributed by atoms with E-state index >= 15 is 0 Å². The molecule has 172 valence electrons. The maximum atomic E-state index is 13.4. The van der Waals surface area contributed by atoms with Crippen LogP contribution in [-0.4, -0.2) is 43.7 Å². The van der Waals surface area contributed by atoms with Gasteiger partial charge in [-0.3, -0.25) is 14.7 Å². The largest absolute Gasteiger partial charge is 0.416 e. The summed E-state index contributed by atoms with van der Waals surface area (Å²) in [6.07, 6.45) is 2.54. The molecule has 5 rings (SSSR count). The number of thioether (sulfide) groups is 1. The summed E-state index contributed by atoms with van der Waals surface area (Å²) < 4.78 is 41.6. The van der Waals surface area contributed by atoms with E-state index in [1.807, 2.05) is 36.4 Å². The predicted octanol–water partition coefficient (Wildman–Crippen LogP) is 4.33. The first kappa shape index (κ1) is 22.1. The van der Waals surface area contributed by atoms with Crippen molar-refractivity contribution in [3.63, 3.8) is 0 Å². The standard InChI is InChI=1S/C23H17F3N6OS/c24-23(25,26)15-7-6-10-17(13-15)31-20(27-19-12-5-4-11-18(19)21(31)33)14-34-22-28-29-30-32(22)16-8-2-1-3-9-16/h1-13,18-19H,14H2/t18-,19-/m1/s1.